The van der Waals surface area contributed by atoms with Crippen LogP contribution in [0, 0.1) is 5.82 Å². The lowest BCUT2D eigenvalue weighted by atomic mass is 10.0. The van der Waals surface area contributed by atoms with E-state index in [2.05, 4.69) is 20.4 Å². The minimum atomic E-state index is -0.872. The average molecular weight is 523 g/mol. The highest BCUT2D eigenvalue weighted by Crippen LogP contribution is 2.29. The summed E-state index contributed by atoms with van der Waals surface area (Å²) in [6.45, 7) is 8.92. The Morgan fingerprint density at radius 3 is 2.42 bits per heavy atom. The van der Waals surface area contributed by atoms with E-state index in [-0.39, 0.29) is 18.1 Å². The number of aliphatic hydroxyl groups is 1. The number of nitrogens with one attached hydrogen (secondary N) is 1. The lowest BCUT2D eigenvalue weighted by Gasteiger charge is -2.23. The van der Waals surface area contributed by atoms with Crippen LogP contribution in [0.25, 0.3) is 22.6 Å². The lowest BCUT2D eigenvalue weighted by Crippen LogP contribution is -2.46. The van der Waals surface area contributed by atoms with E-state index in [1.807, 2.05) is 45.0 Å². The summed E-state index contributed by atoms with van der Waals surface area (Å²) in [7, 11) is 0. The molecule has 0 bridgehead atoms. The van der Waals surface area contributed by atoms with E-state index in [4.69, 9.17) is 13.7 Å². The van der Waals surface area contributed by atoms with Gasteiger partial charge in [-0.05, 0) is 56.7 Å². The zero-order chi connectivity index (χ0) is 27.4. The molecule has 2 aromatic carbocycles. The monoisotopic (exact) mass is 522 g/mol. The Morgan fingerprint density at radius 2 is 1.82 bits per heavy atom. The van der Waals surface area contributed by atoms with Crippen molar-refractivity contribution in [3.8, 4) is 28.4 Å². The molecular weight excluding hydrogens is 491 g/mol. The average Bonchev–Trinajstić information content (AvgIpc) is 3.58. The largest absolute Gasteiger partial charge is 0.481 e. The highest BCUT2D eigenvalue weighted by Gasteiger charge is 2.23. The van der Waals surface area contributed by atoms with Crippen LogP contribution in [-0.2, 0) is 0 Å². The van der Waals surface area contributed by atoms with E-state index in [1.54, 1.807) is 19.9 Å². The molecule has 0 spiro atoms. The van der Waals surface area contributed by atoms with Gasteiger partial charge in [-0.25, -0.2) is 9.37 Å². The summed E-state index contributed by atoms with van der Waals surface area (Å²) in [5.74, 6) is 0.876. The molecule has 0 fully saturated rings. The molecule has 2 aromatic heterocycles. The molecule has 0 saturated carbocycles. The normalized spacial score (nSPS) is 12.5. The zero-order valence-corrected chi connectivity index (χ0v) is 22.0. The highest BCUT2D eigenvalue weighted by atomic mass is 19.1. The number of aromatic nitrogens is 3. The molecule has 2 N–H and O–H groups in total. The summed E-state index contributed by atoms with van der Waals surface area (Å²) < 4.78 is 31.8. The van der Waals surface area contributed by atoms with Crippen LogP contribution in [0.1, 0.15) is 75.2 Å². The lowest BCUT2D eigenvalue weighted by molar-refractivity contribution is 0.0865. The first-order valence-electron chi connectivity index (χ1n) is 12.4. The van der Waals surface area contributed by atoms with Crippen LogP contribution in [0.2, 0.25) is 0 Å². The predicted molar refractivity (Wildman–Crippen MR) is 138 cm³/mol. The van der Waals surface area contributed by atoms with Crippen molar-refractivity contribution in [3.05, 3.63) is 71.9 Å². The number of aliphatic hydroxyl groups excluding tert-OH is 1. The number of nitrogens with zero attached hydrogens (tertiary/aromatic N) is 3. The maximum absolute atomic E-state index is 14.8. The molecule has 0 aliphatic heterocycles. The van der Waals surface area contributed by atoms with Gasteiger partial charge in [0, 0.05) is 17.0 Å². The molecule has 1 atom stereocenters. The second kappa shape index (κ2) is 11.1. The molecule has 10 heteroatoms. The van der Waals surface area contributed by atoms with Crippen LogP contribution in [0.4, 0.5) is 4.39 Å². The van der Waals surface area contributed by atoms with Gasteiger partial charge in [-0.15, -0.1) is 0 Å². The van der Waals surface area contributed by atoms with Crippen LogP contribution < -0.4 is 10.1 Å². The smallest absolute Gasteiger partial charge is 0.254 e. The van der Waals surface area contributed by atoms with Gasteiger partial charge in [0.1, 0.15) is 23.5 Å². The first-order chi connectivity index (χ1) is 18.1. The number of oxazole rings is 1. The van der Waals surface area contributed by atoms with Crippen molar-refractivity contribution in [3.63, 3.8) is 0 Å². The number of ether oxygens (including phenoxy) is 1. The number of benzene rings is 2. The number of halogens is 1. The third kappa shape index (κ3) is 6.08. The van der Waals surface area contributed by atoms with E-state index in [0.29, 0.717) is 41.0 Å². The number of carbonyl (C=O) groups is 1. The number of hydrogen-bond donors (Lipinski definition) is 2. The first-order valence-corrected chi connectivity index (χ1v) is 12.4. The Kier molecular flexibility index (Phi) is 7.91. The molecule has 0 radical (unpaired) electrons. The Labute approximate surface area is 220 Å². The van der Waals surface area contributed by atoms with Crippen molar-refractivity contribution in [2.24, 2.45) is 0 Å². The summed E-state index contributed by atoms with van der Waals surface area (Å²) in [4.78, 5) is 21.3. The third-order valence-electron chi connectivity index (χ3n) is 5.85. The first kappa shape index (κ1) is 27.0. The SMILES string of the molecule is CCC(Oc1ccc(-c2noc(C(C)C)n2)cc1)c1nc(-c2ccc(C(=O)NC(C)(C)CO)c(F)c2)co1. The molecule has 0 aliphatic rings. The minimum absolute atomic E-state index is 0.126. The maximum Gasteiger partial charge on any atom is 0.254 e. The van der Waals surface area contributed by atoms with Crippen molar-refractivity contribution in [2.45, 2.75) is 58.6 Å². The van der Waals surface area contributed by atoms with E-state index in [0.717, 1.165) is 5.56 Å². The van der Waals surface area contributed by atoms with Gasteiger partial charge in [-0.2, -0.15) is 4.98 Å². The van der Waals surface area contributed by atoms with Crippen LogP contribution in [-0.4, -0.2) is 38.3 Å². The fourth-order valence-electron chi connectivity index (χ4n) is 3.58. The quantitative estimate of drug-likeness (QED) is 0.272. The molecule has 1 amide bonds. The second-order valence-corrected chi connectivity index (χ2v) is 9.91. The van der Waals surface area contributed by atoms with Crippen molar-refractivity contribution in [1.82, 2.24) is 20.4 Å². The summed E-state index contributed by atoms with van der Waals surface area (Å²) in [6.07, 6.45) is 1.54. The molecule has 2 heterocycles. The molecule has 38 heavy (non-hydrogen) atoms. The van der Waals surface area contributed by atoms with E-state index in [1.165, 1.54) is 18.4 Å². The van der Waals surface area contributed by atoms with Crippen molar-refractivity contribution in [1.29, 1.82) is 0 Å². The molecule has 0 saturated heterocycles. The number of amides is 1. The molecule has 4 aromatic rings. The molecule has 0 aliphatic carbocycles. The van der Waals surface area contributed by atoms with Crippen molar-refractivity contribution >= 4 is 5.91 Å². The van der Waals surface area contributed by atoms with Crippen LogP contribution in [0.3, 0.4) is 0 Å². The molecule has 9 nitrogen and oxygen atoms in total. The minimum Gasteiger partial charge on any atom is -0.481 e. The number of rotatable bonds is 10. The summed E-state index contributed by atoms with van der Waals surface area (Å²) >= 11 is 0. The van der Waals surface area contributed by atoms with E-state index >= 15 is 0 Å². The number of carbonyl (C=O) groups excluding carboxylic acids is 1. The fourth-order valence-corrected chi connectivity index (χ4v) is 3.58. The van der Waals surface area contributed by atoms with Crippen LogP contribution in [0.5, 0.6) is 5.75 Å². The topological polar surface area (TPSA) is 124 Å². The summed E-state index contributed by atoms with van der Waals surface area (Å²) in [5, 5.41) is 16.0. The Bertz CT molecular complexity index is 1390. The molecule has 200 valence electrons. The predicted octanol–water partition coefficient (Wildman–Crippen LogP) is 5.68. The van der Waals surface area contributed by atoms with Gasteiger partial charge in [-0.1, -0.05) is 32.0 Å². The van der Waals surface area contributed by atoms with Gasteiger partial charge >= 0.3 is 0 Å². The molecule has 4 rings (SSSR count). The Hall–Kier alpha value is -4.05. The van der Waals surface area contributed by atoms with Gasteiger partial charge in [0.15, 0.2) is 6.10 Å². The van der Waals surface area contributed by atoms with Gasteiger partial charge in [0.05, 0.1) is 17.7 Å². The van der Waals surface area contributed by atoms with E-state index < -0.39 is 23.4 Å². The second-order valence-electron chi connectivity index (χ2n) is 9.91. The van der Waals surface area contributed by atoms with Crippen molar-refractivity contribution in [2.75, 3.05) is 6.61 Å². The van der Waals surface area contributed by atoms with Crippen LogP contribution >= 0.6 is 0 Å². The van der Waals surface area contributed by atoms with Gasteiger partial charge in [0.25, 0.3) is 5.91 Å². The summed E-state index contributed by atoms with van der Waals surface area (Å²) in [5.41, 5.74) is 0.674. The molecule has 1 unspecified atom stereocenters. The highest BCUT2D eigenvalue weighted by molar-refractivity contribution is 5.95. The molecular formula is C28H31FN4O5. The van der Waals surface area contributed by atoms with Crippen molar-refractivity contribution < 1.29 is 28.0 Å². The Balaban J connectivity index is 1.46. The van der Waals surface area contributed by atoms with Gasteiger partial charge in [0.2, 0.25) is 17.6 Å². The van der Waals surface area contributed by atoms with Gasteiger partial charge in [-0.3, -0.25) is 4.79 Å². The van der Waals surface area contributed by atoms with Crippen LogP contribution in [0.15, 0.2) is 57.7 Å². The zero-order valence-electron chi connectivity index (χ0n) is 22.0. The van der Waals surface area contributed by atoms with Gasteiger partial charge < -0.3 is 24.1 Å². The fraction of sp³-hybridized carbons (Fsp3) is 0.357. The Morgan fingerprint density at radius 1 is 1.11 bits per heavy atom. The van der Waals surface area contributed by atoms with E-state index in [9.17, 15) is 14.3 Å². The standard InChI is InChI=1S/C28H31FN4O5/c1-6-23(37-19-10-7-17(8-11-19)24-31-26(16(2)3)38-33-24)27-30-22(14-36-27)18-9-12-20(21(29)13-18)25(35)32-28(4,5)15-34/h7-14,16,23,34H,6,15H2,1-5H3,(H,32,35). The summed E-state index contributed by atoms with van der Waals surface area (Å²) in [6, 6.07) is 11.5. The third-order valence-corrected chi connectivity index (χ3v) is 5.85. The maximum atomic E-state index is 14.8. The number of hydrogen-bond acceptors (Lipinski definition) is 8.